The first-order valence-corrected chi connectivity index (χ1v) is 8.92. The van der Waals surface area contributed by atoms with Gasteiger partial charge >= 0.3 is 5.97 Å². The monoisotopic (exact) mass is 309 g/mol. The third-order valence-corrected chi connectivity index (χ3v) is 5.55. The fourth-order valence-corrected chi connectivity index (χ4v) is 4.19. The number of nitrogens with one attached hydrogen (secondary N) is 1. The molecule has 118 valence electrons. The Morgan fingerprint density at radius 1 is 1.33 bits per heavy atom. The van der Waals surface area contributed by atoms with Gasteiger partial charge in [0.2, 0.25) is 0 Å². The van der Waals surface area contributed by atoms with E-state index in [4.69, 9.17) is 4.74 Å². The predicted octanol–water partition coefficient (Wildman–Crippen LogP) is 3.91. The average Bonchev–Trinajstić information content (AvgIpc) is 2.96. The number of methoxy groups -OCH3 is 1. The molecule has 1 atom stereocenters. The summed E-state index contributed by atoms with van der Waals surface area (Å²) >= 11 is 1.71. The number of rotatable bonds is 7. The number of carbonyl (C=O) groups is 1. The molecule has 1 aromatic rings. The summed E-state index contributed by atoms with van der Waals surface area (Å²) < 4.78 is 4.71. The number of esters is 1. The molecule has 1 N–H and O–H groups in total. The van der Waals surface area contributed by atoms with E-state index in [-0.39, 0.29) is 5.97 Å². The molecule has 0 radical (unpaired) electrons. The van der Waals surface area contributed by atoms with Crippen molar-refractivity contribution < 1.29 is 9.53 Å². The summed E-state index contributed by atoms with van der Waals surface area (Å²) in [5.74, 6) is 0.684. The topological polar surface area (TPSA) is 38.3 Å². The summed E-state index contributed by atoms with van der Waals surface area (Å²) in [7, 11) is 1.44. The van der Waals surface area contributed by atoms with Gasteiger partial charge in [-0.1, -0.05) is 26.2 Å². The molecule has 1 unspecified atom stereocenters. The Bertz CT molecular complexity index is 438. The molecule has 0 aliphatic heterocycles. The van der Waals surface area contributed by atoms with Gasteiger partial charge in [0, 0.05) is 22.3 Å². The van der Waals surface area contributed by atoms with Gasteiger partial charge in [-0.2, -0.15) is 0 Å². The van der Waals surface area contributed by atoms with Crippen LogP contribution in [0.2, 0.25) is 0 Å². The van der Waals surface area contributed by atoms with Crippen LogP contribution in [0.1, 0.15) is 55.2 Å². The van der Waals surface area contributed by atoms with Gasteiger partial charge in [-0.25, -0.2) is 0 Å². The van der Waals surface area contributed by atoms with Crippen molar-refractivity contribution in [2.75, 3.05) is 7.11 Å². The highest BCUT2D eigenvalue weighted by molar-refractivity contribution is 7.12. The van der Waals surface area contributed by atoms with E-state index >= 15 is 0 Å². The molecule has 2 rings (SSSR count). The lowest BCUT2D eigenvalue weighted by molar-refractivity contribution is -0.139. The third-order valence-electron chi connectivity index (χ3n) is 4.46. The Morgan fingerprint density at radius 2 is 2.05 bits per heavy atom. The van der Waals surface area contributed by atoms with Gasteiger partial charge in [-0.05, 0) is 37.3 Å². The van der Waals surface area contributed by atoms with Crippen molar-refractivity contribution in [2.24, 2.45) is 5.92 Å². The zero-order chi connectivity index (χ0) is 15.1. The zero-order valence-corrected chi connectivity index (χ0v) is 14.0. The van der Waals surface area contributed by atoms with Gasteiger partial charge in [0.05, 0.1) is 13.5 Å². The average molecular weight is 309 g/mol. The standard InChI is InChI=1S/C17H27NO2S/c1-3-16(13-7-5-4-6-8-13)18-12-15-10-9-14(21-15)11-17(19)20-2/h9-10,13,16,18H,3-8,11-12H2,1-2H3. The second kappa shape index (κ2) is 8.54. The van der Waals surface area contributed by atoms with Gasteiger partial charge in [0.1, 0.15) is 0 Å². The van der Waals surface area contributed by atoms with Crippen molar-refractivity contribution in [3.05, 3.63) is 21.9 Å². The number of carbonyl (C=O) groups excluding carboxylic acids is 1. The summed E-state index contributed by atoms with van der Waals surface area (Å²) in [6.45, 7) is 3.20. The lowest BCUT2D eigenvalue weighted by Crippen LogP contribution is -2.36. The maximum Gasteiger partial charge on any atom is 0.310 e. The van der Waals surface area contributed by atoms with Gasteiger partial charge in [0.15, 0.2) is 0 Å². The molecule has 0 aromatic carbocycles. The second-order valence-corrected chi connectivity index (χ2v) is 7.17. The molecule has 1 aromatic heterocycles. The number of thiophene rings is 1. The number of hydrogen-bond donors (Lipinski definition) is 1. The minimum absolute atomic E-state index is 0.162. The minimum Gasteiger partial charge on any atom is -0.469 e. The van der Waals surface area contributed by atoms with Crippen LogP contribution in [-0.4, -0.2) is 19.1 Å². The maximum absolute atomic E-state index is 11.3. The highest BCUT2D eigenvalue weighted by atomic mass is 32.1. The Labute approximate surface area is 132 Å². The molecular formula is C17H27NO2S. The maximum atomic E-state index is 11.3. The Hall–Kier alpha value is -0.870. The first kappa shape index (κ1) is 16.5. The van der Waals surface area contributed by atoms with Gasteiger partial charge < -0.3 is 10.1 Å². The van der Waals surface area contributed by atoms with Crippen LogP contribution in [0.5, 0.6) is 0 Å². The van der Waals surface area contributed by atoms with E-state index < -0.39 is 0 Å². The van der Waals surface area contributed by atoms with Gasteiger partial charge in [-0.3, -0.25) is 4.79 Å². The first-order chi connectivity index (χ1) is 10.2. The summed E-state index contributed by atoms with van der Waals surface area (Å²) in [6.07, 6.45) is 8.55. The zero-order valence-electron chi connectivity index (χ0n) is 13.2. The fourth-order valence-electron chi connectivity index (χ4n) is 3.24. The van der Waals surface area contributed by atoms with Crippen LogP contribution >= 0.6 is 11.3 Å². The van der Waals surface area contributed by atoms with Crippen LogP contribution in [0, 0.1) is 5.92 Å². The van der Waals surface area contributed by atoms with Gasteiger partial charge in [-0.15, -0.1) is 11.3 Å². The highest BCUT2D eigenvalue weighted by Gasteiger charge is 2.21. The molecule has 0 amide bonds. The Kier molecular flexibility index (Phi) is 6.71. The van der Waals surface area contributed by atoms with Crippen LogP contribution in [0.3, 0.4) is 0 Å². The molecule has 1 saturated carbocycles. The molecule has 1 aliphatic carbocycles. The minimum atomic E-state index is -0.162. The summed E-state index contributed by atoms with van der Waals surface area (Å²) in [6, 6.07) is 4.81. The van der Waals surface area contributed by atoms with Crippen LogP contribution in [-0.2, 0) is 22.5 Å². The molecule has 3 nitrogen and oxygen atoms in total. The van der Waals surface area contributed by atoms with Crippen molar-refractivity contribution in [1.82, 2.24) is 5.32 Å². The third kappa shape index (κ3) is 5.11. The molecule has 0 bridgehead atoms. The van der Waals surface area contributed by atoms with E-state index in [1.807, 2.05) is 6.07 Å². The predicted molar refractivity (Wildman–Crippen MR) is 87.5 cm³/mol. The van der Waals surface area contributed by atoms with E-state index in [2.05, 4.69) is 18.3 Å². The Morgan fingerprint density at radius 3 is 2.71 bits per heavy atom. The smallest absolute Gasteiger partial charge is 0.310 e. The lowest BCUT2D eigenvalue weighted by Gasteiger charge is -2.30. The number of hydrogen-bond acceptors (Lipinski definition) is 4. The highest BCUT2D eigenvalue weighted by Crippen LogP contribution is 2.28. The summed E-state index contributed by atoms with van der Waals surface area (Å²) in [4.78, 5) is 13.7. The second-order valence-electron chi connectivity index (χ2n) is 5.91. The first-order valence-electron chi connectivity index (χ1n) is 8.10. The molecule has 1 heterocycles. The molecule has 0 spiro atoms. The van der Waals surface area contributed by atoms with Crippen molar-refractivity contribution in [2.45, 2.75) is 64.5 Å². The van der Waals surface area contributed by atoms with Crippen molar-refractivity contribution in [1.29, 1.82) is 0 Å². The lowest BCUT2D eigenvalue weighted by atomic mass is 9.83. The Balaban J connectivity index is 1.82. The SMILES string of the molecule is CCC(NCc1ccc(CC(=O)OC)s1)C1CCCCC1. The normalized spacial score (nSPS) is 17.6. The fraction of sp³-hybridized carbons (Fsp3) is 0.706. The van der Waals surface area contributed by atoms with Crippen LogP contribution in [0.15, 0.2) is 12.1 Å². The molecule has 0 saturated heterocycles. The van der Waals surface area contributed by atoms with E-state index in [0.29, 0.717) is 12.5 Å². The molecule has 1 aliphatic rings. The number of ether oxygens (including phenoxy) is 1. The summed E-state index contributed by atoms with van der Waals surface area (Å²) in [5.41, 5.74) is 0. The van der Waals surface area contributed by atoms with Crippen LogP contribution in [0.4, 0.5) is 0 Å². The largest absolute Gasteiger partial charge is 0.469 e. The summed E-state index contributed by atoms with van der Waals surface area (Å²) in [5, 5.41) is 3.73. The van der Waals surface area contributed by atoms with Crippen LogP contribution in [0.25, 0.3) is 0 Å². The van der Waals surface area contributed by atoms with E-state index in [1.165, 1.54) is 50.5 Å². The molecule has 21 heavy (non-hydrogen) atoms. The van der Waals surface area contributed by atoms with Crippen molar-refractivity contribution in [3.63, 3.8) is 0 Å². The molecule has 4 heteroatoms. The van der Waals surface area contributed by atoms with E-state index in [0.717, 1.165) is 17.3 Å². The molecule has 1 fully saturated rings. The van der Waals surface area contributed by atoms with E-state index in [1.54, 1.807) is 11.3 Å². The van der Waals surface area contributed by atoms with Crippen molar-refractivity contribution in [3.8, 4) is 0 Å². The van der Waals surface area contributed by atoms with Gasteiger partial charge in [0.25, 0.3) is 0 Å². The molecular weight excluding hydrogens is 282 g/mol. The van der Waals surface area contributed by atoms with Crippen LogP contribution < -0.4 is 5.32 Å². The quantitative estimate of drug-likeness (QED) is 0.776. The van der Waals surface area contributed by atoms with E-state index in [9.17, 15) is 4.79 Å². The van der Waals surface area contributed by atoms with Crippen molar-refractivity contribution >= 4 is 17.3 Å².